The van der Waals surface area contributed by atoms with E-state index in [9.17, 15) is 9.59 Å². The molecule has 3 nitrogen and oxygen atoms in total. The summed E-state index contributed by atoms with van der Waals surface area (Å²) in [7, 11) is 0. The van der Waals surface area contributed by atoms with Crippen molar-refractivity contribution >= 4 is 11.6 Å². The van der Waals surface area contributed by atoms with Crippen LogP contribution in [-0.2, 0) is 4.74 Å². The van der Waals surface area contributed by atoms with E-state index in [4.69, 9.17) is 4.74 Å². The van der Waals surface area contributed by atoms with Gasteiger partial charge in [0, 0.05) is 28.2 Å². The monoisotopic (exact) mass is 254 g/mol. The second kappa shape index (κ2) is 4.19. The Bertz CT molecular complexity index is 648. The van der Waals surface area contributed by atoms with Crippen molar-refractivity contribution in [2.75, 3.05) is 6.61 Å². The molecule has 0 radical (unpaired) electrons. The van der Waals surface area contributed by atoms with Gasteiger partial charge in [-0.05, 0) is 6.08 Å². The molecule has 0 saturated heterocycles. The molecule has 0 unspecified atom stereocenters. The first-order chi connectivity index (χ1) is 9.09. The Kier molecular flexibility index (Phi) is 2.63. The molecule has 1 aromatic carbocycles. The average Bonchev–Trinajstić information content (AvgIpc) is 2.44. The average molecular weight is 254 g/mol. The van der Waals surface area contributed by atoms with Gasteiger partial charge in [0.15, 0.2) is 11.6 Å². The van der Waals surface area contributed by atoms with Crippen LogP contribution >= 0.6 is 0 Å². The standard InChI is InChI=1S/C16H14O3/c1-9(2)14-7-12-13(8-19-14)16(18)11-6-4-3-5-10(11)15(12)17/h3-7,9H,8H2,1-2H3. The summed E-state index contributed by atoms with van der Waals surface area (Å²) in [6.07, 6.45) is 1.72. The number of carbonyl (C=O) groups is 2. The topological polar surface area (TPSA) is 43.4 Å². The molecule has 2 aliphatic rings. The number of allylic oxidation sites excluding steroid dienone is 3. The molecule has 0 fully saturated rings. The highest BCUT2D eigenvalue weighted by Crippen LogP contribution is 2.32. The van der Waals surface area contributed by atoms with E-state index in [1.807, 2.05) is 13.8 Å². The Balaban J connectivity index is 2.16. The van der Waals surface area contributed by atoms with Crippen molar-refractivity contribution in [1.29, 1.82) is 0 Å². The molecule has 0 bridgehead atoms. The highest BCUT2D eigenvalue weighted by atomic mass is 16.5. The molecule has 1 aliphatic heterocycles. The van der Waals surface area contributed by atoms with Crippen molar-refractivity contribution in [3.8, 4) is 0 Å². The van der Waals surface area contributed by atoms with Crippen LogP contribution < -0.4 is 0 Å². The molecular formula is C16H14O3. The third-order valence-electron chi connectivity index (χ3n) is 3.50. The van der Waals surface area contributed by atoms with E-state index in [1.54, 1.807) is 30.3 Å². The molecule has 0 N–H and O–H groups in total. The fraction of sp³-hybridized carbons (Fsp3) is 0.250. The molecule has 96 valence electrons. The first-order valence-electron chi connectivity index (χ1n) is 6.35. The zero-order valence-corrected chi connectivity index (χ0v) is 10.9. The van der Waals surface area contributed by atoms with Gasteiger partial charge in [-0.2, -0.15) is 0 Å². The Hall–Kier alpha value is -2.16. The van der Waals surface area contributed by atoms with Gasteiger partial charge in [0.1, 0.15) is 6.61 Å². The number of carbonyl (C=O) groups excluding carboxylic acids is 2. The van der Waals surface area contributed by atoms with Gasteiger partial charge < -0.3 is 4.74 Å². The van der Waals surface area contributed by atoms with Gasteiger partial charge in [0.2, 0.25) is 0 Å². The second-order valence-electron chi connectivity index (χ2n) is 5.09. The minimum absolute atomic E-state index is 0.0772. The van der Waals surface area contributed by atoms with Gasteiger partial charge in [-0.25, -0.2) is 0 Å². The predicted molar refractivity (Wildman–Crippen MR) is 71.0 cm³/mol. The molecule has 1 aromatic rings. The largest absolute Gasteiger partial charge is 0.493 e. The van der Waals surface area contributed by atoms with Gasteiger partial charge in [-0.15, -0.1) is 0 Å². The zero-order chi connectivity index (χ0) is 13.6. The van der Waals surface area contributed by atoms with Crippen LogP contribution in [0.25, 0.3) is 0 Å². The molecule has 0 aromatic heterocycles. The number of benzene rings is 1. The van der Waals surface area contributed by atoms with Crippen molar-refractivity contribution in [2.45, 2.75) is 13.8 Å². The van der Waals surface area contributed by atoms with Crippen molar-refractivity contribution in [1.82, 2.24) is 0 Å². The lowest BCUT2D eigenvalue weighted by Gasteiger charge is -2.25. The summed E-state index contributed by atoms with van der Waals surface area (Å²) in [5.41, 5.74) is 1.95. The van der Waals surface area contributed by atoms with Crippen LogP contribution in [0.15, 0.2) is 47.2 Å². The summed E-state index contributed by atoms with van der Waals surface area (Å²) < 4.78 is 5.57. The van der Waals surface area contributed by atoms with Crippen molar-refractivity contribution in [3.05, 3.63) is 58.4 Å². The Morgan fingerprint density at radius 3 is 2.32 bits per heavy atom. The molecule has 1 heterocycles. The normalized spacial score (nSPS) is 17.9. The van der Waals surface area contributed by atoms with Gasteiger partial charge in [0.25, 0.3) is 0 Å². The SMILES string of the molecule is CC(C)C1=CC2=C(CO1)C(=O)c1ccccc1C2=O. The van der Waals surface area contributed by atoms with Crippen LogP contribution in [0.4, 0.5) is 0 Å². The smallest absolute Gasteiger partial charge is 0.194 e. The summed E-state index contributed by atoms with van der Waals surface area (Å²) in [5.74, 6) is 0.796. The maximum Gasteiger partial charge on any atom is 0.194 e. The number of Topliss-reactive ketones (excluding diaryl/α,β-unsaturated/α-hetero) is 2. The molecule has 0 saturated carbocycles. The van der Waals surface area contributed by atoms with Crippen LogP contribution in [-0.4, -0.2) is 18.2 Å². The van der Waals surface area contributed by atoms with Gasteiger partial charge in [0.05, 0.1) is 5.76 Å². The van der Waals surface area contributed by atoms with Crippen LogP contribution in [0, 0.1) is 5.92 Å². The van der Waals surface area contributed by atoms with Crippen molar-refractivity contribution < 1.29 is 14.3 Å². The number of ketones is 2. The third kappa shape index (κ3) is 1.73. The van der Waals surface area contributed by atoms with E-state index in [-0.39, 0.29) is 24.1 Å². The lowest BCUT2D eigenvalue weighted by atomic mass is 9.83. The molecule has 0 atom stereocenters. The van der Waals surface area contributed by atoms with E-state index in [0.29, 0.717) is 22.3 Å². The lowest BCUT2D eigenvalue weighted by Crippen LogP contribution is -2.27. The van der Waals surface area contributed by atoms with E-state index in [1.165, 1.54) is 0 Å². The second-order valence-corrected chi connectivity index (χ2v) is 5.09. The van der Waals surface area contributed by atoms with Crippen LogP contribution in [0.2, 0.25) is 0 Å². The Morgan fingerprint density at radius 1 is 1.05 bits per heavy atom. The summed E-state index contributed by atoms with van der Waals surface area (Å²) in [4.78, 5) is 24.8. The number of fused-ring (bicyclic) bond motifs is 1. The number of ether oxygens (including phenoxy) is 1. The first kappa shape index (κ1) is 11.9. The summed E-state index contributed by atoms with van der Waals surface area (Å²) in [6.45, 7) is 4.19. The highest BCUT2D eigenvalue weighted by Gasteiger charge is 2.33. The zero-order valence-electron chi connectivity index (χ0n) is 10.9. The van der Waals surface area contributed by atoms with E-state index >= 15 is 0 Å². The van der Waals surface area contributed by atoms with E-state index in [2.05, 4.69) is 0 Å². The molecule has 0 spiro atoms. The maximum atomic E-state index is 12.5. The van der Waals surface area contributed by atoms with Crippen molar-refractivity contribution in [3.63, 3.8) is 0 Å². The third-order valence-corrected chi connectivity index (χ3v) is 3.50. The number of rotatable bonds is 1. The quantitative estimate of drug-likeness (QED) is 0.774. The summed E-state index contributed by atoms with van der Waals surface area (Å²) >= 11 is 0. The van der Waals surface area contributed by atoms with Crippen LogP contribution in [0.3, 0.4) is 0 Å². The van der Waals surface area contributed by atoms with E-state index in [0.717, 1.165) is 5.76 Å². The Labute approximate surface area is 111 Å². The first-order valence-corrected chi connectivity index (χ1v) is 6.35. The van der Waals surface area contributed by atoms with Crippen LogP contribution in [0.1, 0.15) is 34.6 Å². The van der Waals surface area contributed by atoms with Crippen LogP contribution in [0.5, 0.6) is 0 Å². The molecule has 1 aliphatic carbocycles. The minimum atomic E-state index is -0.0933. The fourth-order valence-corrected chi connectivity index (χ4v) is 2.41. The van der Waals surface area contributed by atoms with Gasteiger partial charge in [-0.1, -0.05) is 38.1 Å². The summed E-state index contributed by atoms with van der Waals surface area (Å²) in [5, 5.41) is 0. The molecule has 3 heteroatoms. The highest BCUT2D eigenvalue weighted by molar-refractivity contribution is 6.28. The van der Waals surface area contributed by atoms with E-state index < -0.39 is 0 Å². The molecule has 19 heavy (non-hydrogen) atoms. The van der Waals surface area contributed by atoms with Gasteiger partial charge in [-0.3, -0.25) is 9.59 Å². The molecular weight excluding hydrogens is 240 g/mol. The lowest BCUT2D eigenvalue weighted by molar-refractivity contribution is 0.0946. The predicted octanol–water partition coefficient (Wildman–Crippen LogP) is 2.93. The molecule has 0 amide bonds. The fourth-order valence-electron chi connectivity index (χ4n) is 2.41. The van der Waals surface area contributed by atoms with Gasteiger partial charge >= 0.3 is 0 Å². The minimum Gasteiger partial charge on any atom is -0.493 e. The summed E-state index contributed by atoms with van der Waals surface area (Å²) in [6, 6.07) is 6.95. The Morgan fingerprint density at radius 2 is 1.68 bits per heavy atom. The van der Waals surface area contributed by atoms with Crippen molar-refractivity contribution in [2.24, 2.45) is 5.92 Å². The molecule has 3 rings (SSSR count). The number of hydrogen-bond acceptors (Lipinski definition) is 3. The number of hydrogen-bond donors (Lipinski definition) is 0. The maximum absolute atomic E-state index is 12.5.